The predicted molar refractivity (Wildman–Crippen MR) is 54.5 cm³/mol. The Labute approximate surface area is 87.9 Å². The first-order valence-corrected chi connectivity index (χ1v) is 5.23. The van der Waals surface area contributed by atoms with E-state index in [0.717, 1.165) is 16.4 Å². The highest BCUT2D eigenvalue weighted by Gasteiger charge is 2.08. The number of hydrogen-bond acceptors (Lipinski definition) is 4. The summed E-state index contributed by atoms with van der Waals surface area (Å²) in [5, 5.41) is 5.14. The molecule has 2 heterocycles. The van der Waals surface area contributed by atoms with Gasteiger partial charge in [-0.2, -0.15) is 9.47 Å². The van der Waals surface area contributed by atoms with Crippen LogP contribution in [0.5, 0.6) is 0 Å². The lowest BCUT2D eigenvalue weighted by molar-refractivity contribution is 0.742. The summed E-state index contributed by atoms with van der Waals surface area (Å²) >= 11 is 4.55. The molecule has 6 heteroatoms. The Morgan fingerprint density at radius 2 is 2.31 bits per heavy atom. The number of halogens is 1. The van der Waals surface area contributed by atoms with E-state index < -0.39 is 0 Å². The van der Waals surface area contributed by atoms with Gasteiger partial charge in [-0.3, -0.25) is 4.68 Å². The Hall–Kier alpha value is -0.750. The van der Waals surface area contributed by atoms with Crippen molar-refractivity contribution in [1.29, 1.82) is 0 Å². The lowest BCUT2D eigenvalue weighted by Gasteiger charge is -1.88. The van der Waals surface area contributed by atoms with Gasteiger partial charge in [-0.15, -0.1) is 0 Å². The van der Waals surface area contributed by atoms with Crippen LogP contribution in [0.4, 0.5) is 0 Å². The van der Waals surface area contributed by atoms with E-state index in [2.05, 4.69) is 30.4 Å². The summed E-state index contributed by atoms with van der Waals surface area (Å²) in [5.74, 6) is 0. The van der Waals surface area contributed by atoms with Crippen LogP contribution in [-0.4, -0.2) is 19.1 Å². The van der Waals surface area contributed by atoms with Crippen LogP contribution in [0.3, 0.4) is 0 Å². The van der Waals surface area contributed by atoms with Crippen molar-refractivity contribution >= 4 is 27.5 Å². The van der Waals surface area contributed by atoms with Gasteiger partial charge in [0.05, 0.1) is 0 Å². The number of hydrogen-bond donors (Lipinski definition) is 0. The lowest BCUT2D eigenvalue weighted by atomic mass is 10.4. The van der Waals surface area contributed by atoms with E-state index in [0.29, 0.717) is 4.73 Å². The summed E-state index contributed by atoms with van der Waals surface area (Å²) < 4.78 is 6.48. The maximum absolute atomic E-state index is 4.30. The van der Waals surface area contributed by atoms with Crippen molar-refractivity contribution < 1.29 is 0 Å². The first kappa shape index (κ1) is 8.83. The second-order valence-electron chi connectivity index (χ2n) is 2.66. The zero-order valence-electron chi connectivity index (χ0n) is 7.15. The Morgan fingerprint density at radius 1 is 1.54 bits per heavy atom. The largest absolute Gasteiger partial charge is 0.272 e. The topological polar surface area (TPSA) is 43.6 Å². The minimum Gasteiger partial charge on any atom is -0.272 e. The molecular weight excluding hydrogens is 252 g/mol. The smallest absolute Gasteiger partial charge is 0.209 e. The highest BCUT2D eigenvalue weighted by molar-refractivity contribution is 9.10. The van der Waals surface area contributed by atoms with Crippen LogP contribution < -0.4 is 0 Å². The van der Waals surface area contributed by atoms with E-state index in [1.807, 2.05) is 24.7 Å². The van der Waals surface area contributed by atoms with Crippen molar-refractivity contribution in [2.45, 2.75) is 6.92 Å². The molecule has 0 amide bonds. The van der Waals surface area contributed by atoms with Gasteiger partial charge in [0.2, 0.25) is 4.73 Å². The van der Waals surface area contributed by atoms with E-state index in [9.17, 15) is 0 Å². The van der Waals surface area contributed by atoms with Gasteiger partial charge in [-0.05, 0) is 40.5 Å². The fourth-order valence-electron chi connectivity index (χ4n) is 0.975. The van der Waals surface area contributed by atoms with Crippen LogP contribution in [0.15, 0.2) is 10.8 Å². The van der Waals surface area contributed by atoms with Crippen LogP contribution in [0, 0.1) is 6.92 Å². The predicted octanol–water partition coefficient (Wildman–Crippen LogP) is 2.01. The first-order valence-electron chi connectivity index (χ1n) is 3.67. The van der Waals surface area contributed by atoms with Gasteiger partial charge in [-0.25, -0.2) is 4.98 Å². The zero-order chi connectivity index (χ0) is 9.42. The fourth-order valence-corrected chi connectivity index (χ4v) is 2.01. The quantitative estimate of drug-likeness (QED) is 0.786. The van der Waals surface area contributed by atoms with Crippen molar-refractivity contribution in [3.63, 3.8) is 0 Å². The molecule has 0 aromatic carbocycles. The molecule has 0 aliphatic rings. The van der Waals surface area contributed by atoms with Crippen LogP contribution in [0.25, 0.3) is 10.7 Å². The van der Waals surface area contributed by atoms with Crippen molar-refractivity contribution in [3.05, 3.63) is 16.5 Å². The summed E-state index contributed by atoms with van der Waals surface area (Å²) in [6, 6.07) is 1.99. The summed E-state index contributed by atoms with van der Waals surface area (Å²) in [7, 11) is 1.91. The summed E-state index contributed by atoms with van der Waals surface area (Å²) in [6.07, 6.45) is 0. The molecule has 0 aliphatic heterocycles. The number of aryl methyl sites for hydroxylation is 2. The first-order chi connectivity index (χ1) is 6.16. The minimum atomic E-state index is 0.621. The van der Waals surface area contributed by atoms with Gasteiger partial charge < -0.3 is 0 Å². The number of rotatable bonds is 1. The van der Waals surface area contributed by atoms with Crippen LogP contribution in [0.2, 0.25) is 0 Å². The molecule has 0 aliphatic carbocycles. The van der Waals surface area contributed by atoms with Gasteiger partial charge in [0.1, 0.15) is 5.69 Å². The van der Waals surface area contributed by atoms with E-state index in [-0.39, 0.29) is 0 Å². The Balaban J connectivity index is 2.46. The Bertz CT molecular complexity index is 414. The second kappa shape index (κ2) is 3.19. The maximum Gasteiger partial charge on any atom is 0.209 e. The molecule has 13 heavy (non-hydrogen) atoms. The molecular formula is C7H7BrN4S. The molecule has 0 saturated carbocycles. The summed E-state index contributed by atoms with van der Waals surface area (Å²) in [4.78, 5) is 4.18. The Kier molecular flexibility index (Phi) is 2.17. The average molecular weight is 259 g/mol. The van der Waals surface area contributed by atoms with E-state index in [1.54, 1.807) is 0 Å². The molecule has 0 spiro atoms. The van der Waals surface area contributed by atoms with E-state index in [4.69, 9.17) is 0 Å². The Morgan fingerprint density at radius 3 is 2.77 bits per heavy atom. The van der Waals surface area contributed by atoms with Gasteiger partial charge in [0, 0.05) is 12.7 Å². The van der Waals surface area contributed by atoms with Crippen LogP contribution in [-0.2, 0) is 7.05 Å². The molecule has 0 atom stereocenters. The van der Waals surface area contributed by atoms with Crippen LogP contribution >= 0.6 is 27.5 Å². The molecule has 0 saturated heterocycles. The third-order valence-electron chi connectivity index (χ3n) is 1.73. The maximum atomic E-state index is 4.30. The number of nitrogens with zero attached hydrogens (tertiary/aromatic N) is 4. The molecule has 2 aromatic heterocycles. The SMILES string of the molecule is Cc1cc(-c2nc(Br)ns2)nn1C. The highest BCUT2D eigenvalue weighted by Crippen LogP contribution is 2.22. The molecule has 2 aromatic rings. The van der Waals surface area contributed by atoms with Gasteiger partial charge in [0.25, 0.3) is 0 Å². The van der Waals surface area contributed by atoms with E-state index in [1.165, 1.54) is 11.5 Å². The van der Waals surface area contributed by atoms with Gasteiger partial charge in [0.15, 0.2) is 5.01 Å². The van der Waals surface area contributed by atoms with Crippen molar-refractivity contribution in [2.24, 2.45) is 7.05 Å². The second-order valence-corrected chi connectivity index (χ2v) is 4.12. The molecule has 0 unspecified atom stereocenters. The molecule has 0 radical (unpaired) electrons. The minimum absolute atomic E-state index is 0.621. The molecule has 0 fully saturated rings. The third-order valence-corrected chi connectivity index (χ3v) is 3.06. The fraction of sp³-hybridized carbons (Fsp3) is 0.286. The van der Waals surface area contributed by atoms with Gasteiger partial charge >= 0.3 is 0 Å². The molecule has 68 valence electrons. The normalized spacial score (nSPS) is 10.7. The van der Waals surface area contributed by atoms with Gasteiger partial charge in [-0.1, -0.05) is 0 Å². The van der Waals surface area contributed by atoms with Crippen molar-refractivity contribution in [2.75, 3.05) is 0 Å². The summed E-state index contributed by atoms with van der Waals surface area (Å²) in [6.45, 7) is 2.01. The molecule has 0 N–H and O–H groups in total. The zero-order valence-corrected chi connectivity index (χ0v) is 9.55. The van der Waals surface area contributed by atoms with Crippen LogP contribution in [0.1, 0.15) is 5.69 Å². The highest BCUT2D eigenvalue weighted by atomic mass is 79.9. The van der Waals surface area contributed by atoms with E-state index >= 15 is 0 Å². The lowest BCUT2D eigenvalue weighted by Crippen LogP contribution is -1.91. The number of aromatic nitrogens is 4. The molecule has 2 rings (SSSR count). The van der Waals surface area contributed by atoms with Crippen molar-refractivity contribution in [3.8, 4) is 10.7 Å². The molecule has 0 bridgehead atoms. The average Bonchev–Trinajstić information content (AvgIpc) is 2.61. The third kappa shape index (κ3) is 1.64. The van der Waals surface area contributed by atoms with Crippen molar-refractivity contribution in [1.82, 2.24) is 19.1 Å². The monoisotopic (exact) mass is 258 g/mol. The molecule has 4 nitrogen and oxygen atoms in total. The standard InChI is InChI=1S/C7H7BrN4S/c1-4-3-5(10-12(4)2)6-9-7(8)11-13-6/h3H,1-2H3. The summed E-state index contributed by atoms with van der Waals surface area (Å²) in [5.41, 5.74) is 1.99.